The molecule has 0 aromatic heterocycles. The maximum atomic E-state index is 13.3. The number of benzene rings is 2. The summed E-state index contributed by atoms with van der Waals surface area (Å²) in [5.74, 6) is -0.242. The van der Waals surface area contributed by atoms with Crippen LogP contribution in [0.5, 0.6) is 0 Å². The Labute approximate surface area is 155 Å². The Kier molecular flexibility index (Phi) is 4.68. The molecule has 4 nitrogen and oxygen atoms in total. The highest BCUT2D eigenvalue weighted by Crippen LogP contribution is 2.44. The fourth-order valence-corrected chi connectivity index (χ4v) is 4.38. The lowest BCUT2D eigenvalue weighted by Crippen LogP contribution is -2.43. The van der Waals surface area contributed by atoms with Crippen LogP contribution in [0.3, 0.4) is 0 Å². The van der Waals surface area contributed by atoms with E-state index in [1.807, 2.05) is 30.3 Å². The van der Waals surface area contributed by atoms with Gasteiger partial charge < -0.3 is 10.2 Å². The van der Waals surface area contributed by atoms with E-state index in [1.165, 1.54) is 23.9 Å². The molecule has 0 spiro atoms. The lowest BCUT2D eigenvalue weighted by Gasteiger charge is -2.32. The summed E-state index contributed by atoms with van der Waals surface area (Å²) in [6, 6.07) is 15.0. The number of rotatable bonds is 5. The van der Waals surface area contributed by atoms with Crippen molar-refractivity contribution < 1.29 is 14.0 Å². The van der Waals surface area contributed by atoms with Crippen LogP contribution in [0.25, 0.3) is 0 Å². The summed E-state index contributed by atoms with van der Waals surface area (Å²) < 4.78 is 13.3. The number of hydrogen-bond donors (Lipinski definition) is 1. The number of nitrogens with one attached hydrogen (secondary N) is 1. The summed E-state index contributed by atoms with van der Waals surface area (Å²) in [4.78, 5) is 27.3. The first kappa shape index (κ1) is 17.1. The van der Waals surface area contributed by atoms with Gasteiger partial charge in [0, 0.05) is 6.04 Å². The maximum Gasteiger partial charge on any atom is 0.247 e. The number of amides is 2. The zero-order valence-corrected chi connectivity index (χ0v) is 14.9. The molecule has 26 heavy (non-hydrogen) atoms. The number of hydrogen-bond acceptors (Lipinski definition) is 3. The lowest BCUT2D eigenvalue weighted by molar-refractivity contribution is -0.139. The fraction of sp³-hybridized carbons (Fsp3) is 0.300. The molecule has 0 bridgehead atoms. The van der Waals surface area contributed by atoms with Crippen LogP contribution in [0.1, 0.15) is 35.4 Å². The van der Waals surface area contributed by atoms with Gasteiger partial charge in [-0.1, -0.05) is 42.5 Å². The average Bonchev–Trinajstić information content (AvgIpc) is 3.39. The second-order valence-corrected chi connectivity index (χ2v) is 7.68. The van der Waals surface area contributed by atoms with Crippen molar-refractivity contribution >= 4 is 23.6 Å². The largest absolute Gasteiger partial charge is 0.351 e. The fourth-order valence-electron chi connectivity index (χ4n) is 3.18. The predicted octanol–water partition coefficient (Wildman–Crippen LogP) is 3.42. The zero-order valence-electron chi connectivity index (χ0n) is 14.1. The second kappa shape index (κ2) is 7.11. The van der Waals surface area contributed by atoms with Crippen molar-refractivity contribution in [3.8, 4) is 0 Å². The van der Waals surface area contributed by atoms with Gasteiger partial charge in [-0.05, 0) is 36.1 Å². The second-order valence-electron chi connectivity index (χ2n) is 6.61. The molecule has 1 heterocycles. The molecule has 0 radical (unpaired) electrons. The first-order chi connectivity index (χ1) is 12.6. The third-order valence-corrected chi connectivity index (χ3v) is 5.85. The Balaban J connectivity index is 1.70. The molecule has 2 aliphatic rings. The molecule has 1 saturated carbocycles. The van der Waals surface area contributed by atoms with Gasteiger partial charge in [-0.15, -0.1) is 11.8 Å². The van der Waals surface area contributed by atoms with Crippen molar-refractivity contribution in [2.75, 3.05) is 5.75 Å². The molecule has 4 rings (SSSR count). The standard InChI is InChI=1S/C20H19FN2O2S/c21-15-8-6-14(7-9-15)20-23(17(24)12-26-20)18(13-4-2-1-3-5-13)19(25)22-16-10-11-16/h1-9,16,18,20H,10-12H2,(H,22,25)/t18-,20+/m0/s1. The summed E-state index contributed by atoms with van der Waals surface area (Å²) in [6.07, 6.45) is 1.97. The highest BCUT2D eigenvalue weighted by molar-refractivity contribution is 8.00. The van der Waals surface area contributed by atoms with Crippen LogP contribution in [-0.4, -0.2) is 28.5 Å². The smallest absolute Gasteiger partial charge is 0.247 e. The van der Waals surface area contributed by atoms with Crippen LogP contribution in [-0.2, 0) is 9.59 Å². The Morgan fingerprint density at radius 2 is 1.81 bits per heavy atom. The minimum absolute atomic E-state index is 0.0795. The highest BCUT2D eigenvalue weighted by atomic mass is 32.2. The van der Waals surface area contributed by atoms with E-state index in [-0.39, 0.29) is 29.0 Å². The van der Waals surface area contributed by atoms with E-state index >= 15 is 0 Å². The van der Waals surface area contributed by atoms with Crippen LogP contribution >= 0.6 is 11.8 Å². The summed E-state index contributed by atoms with van der Waals surface area (Å²) in [7, 11) is 0. The van der Waals surface area contributed by atoms with Crippen LogP contribution in [0, 0.1) is 5.82 Å². The summed E-state index contributed by atoms with van der Waals surface area (Å²) >= 11 is 1.47. The molecule has 1 aliphatic carbocycles. The minimum atomic E-state index is -0.686. The summed E-state index contributed by atoms with van der Waals surface area (Å²) in [5.41, 5.74) is 1.61. The number of carbonyl (C=O) groups excluding carboxylic acids is 2. The lowest BCUT2D eigenvalue weighted by atomic mass is 10.0. The number of nitrogens with zero attached hydrogens (tertiary/aromatic N) is 1. The molecule has 2 amide bonds. The zero-order chi connectivity index (χ0) is 18.1. The number of halogens is 1. The van der Waals surface area contributed by atoms with E-state index in [1.54, 1.807) is 17.0 Å². The van der Waals surface area contributed by atoms with Gasteiger partial charge in [0.15, 0.2) is 0 Å². The molecule has 2 fully saturated rings. The van der Waals surface area contributed by atoms with Gasteiger partial charge in [0.1, 0.15) is 17.2 Å². The third kappa shape index (κ3) is 3.46. The van der Waals surface area contributed by atoms with Crippen molar-refractivity contribution in [1.82, 2.24) is 10.2 Å². The van der Waals surface area contributed by atoms with E-state index in [0.29, 0.717) is 5.75 Å². The van der Waals surface area contributed by atoms with Crippen molar-refractivity contribution in [2.24, 2.45) is 0 Å². The van der Waals surface area contributed by atoms with Crippen molar-refractivity contribution in [2.45, 2.75) is 30.3 Å². The third-order valence-electron chi connectivity index (χ3n) is 4.63. The minimum Gasteiger partial charge on any atom is -0.351 e. The molecular weight excluding hydrogens is 351 g/mol. The number of thioether (sulfide) groups is 1. The Bertz CT molecular complexity index is 808. The van der Waals surface area contributed by atoms with E-state index in [2.05, 4.69) is 5.32 Å². The molecule has 1 N–H and O–H groups in total. The van der Waals surface area contributed by atoms with Crippen molar-refractivity contribution in [1.29, 1.82) is 0 Å². The molecule has 1 aliphatic heterocycles. The summed E-state index contributed by atoms with van der Waals surface area (Å²) in [6.45, 7) is 0. The molecular formula is C20H19FN2O2S. The first-order valence-electron chi connectivity index (χ1n) is 8.67. The molecule has 2 aromatic carbocycles. The van der Waals surface area contributed by atoms with E-state index in [9.17, 15) is 14.0 Å². The average molecular weight is 370 g/mol. The van der Waals surface area contributed by atoms with Gasteiger partial charge in [0.25, 0.3) is 0 Å². The van der Waals surface area contributed by atoms with Gasteiger partial charge in [-0.3, -0.25) is 9.59 Å². The van der Waals surface area contributed by atoms with E-state index in [4.69, 9.17) is 0 Å². The van der Waals surface area contributed by atoms with Gasteiger partial charge in [0.2, 0.25) is 11.8 Å². The monoisotopic (exact) mass is 370 g/mol. The first-order valence-corrected chi connectivity index (χ1v) is 9.72. The molecule has 6 heteroatoms. The van der Waals surface area contributed by atoms with Crippen molar-refractivity contribution in [3.05, 3.63) is 71.5 Å². The van der Waals surface area contributed by atoms with E-state index in [0.717, 1.165) is 24.0 Å². The SMILES string of the molecule is O=C(NC1CC1)[C@H](c1ccccc1)N1C(=O)CS[C@@H]1c1ccc(F)cc1. The quantitative estimate of drug-likeness (QED) is 0.877. The predicted molar refractivity (Wildman–Crippen MR) is 98.8 cm³/mol. The molecule has 2 aromatic rings. The molecule has 1 saturated heterocycles. The van der Waals surface area contributed by atoms with Crippen LogP contribution in [0.15, 0.2) is 54.6 Å². The Morgan fingerprint density at radius 1 is 1.12 bits per heavy atom. The van der Waals surface area contributed by atoms with Gasteiger partial charge >= 0.3 is 0 Å². The molecule has 2 atom stereocenters. The number of carbonyl (C=O) groups is 2. The van der Waals surface area contributed by atoms with Crippen LogP contribution in [0.2, 0.25) is 0 Å². The van der Waals surface area contributed by atoms with Crippen LogP contribution in [0.4, 0.5) is 4.39 Å². The topological polar surface area (TPSA) is 49.4 Å². The normalized spacial score (nSPS) is 20.9. The highest BCUT2D eigenvalue weighted by Gasteiger charge is 2.42. The maximum absolute atomic E-state index is 13.3. The molecule has 134 valence electrons. The molecule has 0 unspecified atom stereocenters. The van der Waals surface area contributed by atoms with Crippen LogP contribution < -0.4 is 5.32 Å². The van der Waals surface area contributed by atoms with Gasteiger partial charge in [-0.25, -0.2) is 4.39 Å². The summed E-state index contributed by atoms with van der Waals surface area (Å²) in [5, 5.41) is 2.72. The Morgan fingerprint density at radius 3 is 2.46 bits per heavy atom. The van der Waals surface area contributed by atoms with E-state index < -0.39 is 6.04 Å². The van der Waals surface area contributed by atoms with Gasteiger partial charge in [-0.2, -0.15) is 0 Å². The van der Waals surface area contributed by atoms with Crippen molar-refractivity contribution in [3.63, 3.8) is 0 Å². The van der Waals surface area contributed by atoms with Gasteiger partial charge in [0.05, 0.1) is 5.75 Å². The Hall–Kier alpha value is -2.34.